The minimum Gasteiger partial charge on any atom is -0.379 e. The van der Waals surface area contributed by atoms with Gasteiger partial charge < -0.3 is 24.3 Å². The van der Waals surface area contributed by atoms with Crippen molar-refractivity contribution in [1.82, 2.24) is 4.98 Å². The lowest BCUT2D eigenvalue weighted by molar-refractivity contribution is 0.000609. The normalized spacial score (nSPS) is 10.3. The number of hydrogen-bond acceptors (Lipinski definition) is 7. The Morgan fingerprint density at radius 2 is 1.54 bits per heavy atom. The standard InChI is InChI=1S/C19H32N2O5.C2H6.H2/c1-3-5-18(22)17-6-7-20-19(16-17)21-8-9-24-12-13-26-15-14-25-11-10-23-4-2;1-2;/h6-7,16H,3-5,8-15H2,1-2H3,(H,20,21);1-2H3;1H. The predicted octanol–water partition coefficient (Wildman–Crippen LogP) is 3.83. The number of rotatable bonds is 17. The Bertz CT molecular complexity index is 492. The van der Waals surface area contributed by atoms with Crippen molar-refractivity contribution in [2.24, 2.45) is 0 Å². The number of nitrogens with one attached hydrogen (secondary N) is 1. The molecule has 28 heavy (non-hydrogen) atoms. The first kappa shape index (κ1) is 26.5. The third-order valence-corrected chi connectivity index (χ3v) is 3.43. The number of carbonyl (C=O) groups excluding carboxylic acids is 1. The number of nitrogens with zero attached hydrogens (tertiary/aromatic N) is 1. The van der Waals surface area contributed by atoms with Crippen LogP contribution in [0.4, 0.5) is 5.82 Å². The molecule has 1 aromatic heterocycles. The van der Waals surface area contributed by atoms with Crippen LogP contribution in [0.3, 0.4) is 0 Å². The van der Waals surface area contributed by atoms with E-state index in [0.717, 1.165) is 6.42 Å². The first-order valence-corrected chi connectivity index (χ1v) is 10.3. The molecule has 0 radical (unpaired) electrons. The van der Waals surface area contributed by atoms with Crippen LogP contribution < -0.4 is 5.32 Å². The van der Waals surface area contributed by atoms with Crippen LogP contribution in [-0.2, 0) is 18.9 Å². The molecule has 1 heterocycles. The molecule has 0 unspecified atom stereocenters. The molecule has 0 atom stereocenters. The number of carbonyl (C=O) groups is 1. The molecule has 164 valence electrons. The van der Waals surface area contributed by atoms with Gasteiger partial charge in [-0.25, -0.2) is 4.98 Å². The topological polar surface area (TPSA) is 78.9 Å². The monoisotopic (exact) mass is 400 g/mol. The van der Waals surface area contributed by atoms with Gasteiger partial charge in [-0.05, 0) is 25.5 Å². The largest absolute Gasteiger partial charge is 0.379 e. The molecule has 0 aliphatic rings. The van der Waals surface area contributed by atoms with Crippen LogP contribution >= 0.6 is 0 Å². The summed E-state index contributed by atoms with van der Waals surface area (Å²) in [5.74, 6) is 0.837. The van der Waals surface area contributed by atoms with Gasteiger partial charge in [-0.2, -0.15) is 0 Å². The predicted molar refractivity (Wildman–Crippen MR) is 114 cm³/mol. The SMILES string of the molecule is CC.CCCC(=O)c1ccnc(NCCOCCOCCOCCOCC)c1.[HH]. The van der Waals surface area contributed by atoms with Gasteiger partial charge in [0.25, 0.3) is 0 Å². The molecule has 0 aliphatic carbocycles. The first-order chi connectivity index (χ1) is 13.8. The lowest BCUT2D eigenvalue weighted by Crippen LogP contribution is -2.15. The van der Waals surface area contributed by atoms with Gasteiger partial charge in [-0.1, -0.05) is 20.8 Å². The van der Waals surface area contributed by atoms with Gasteiger partial charge in [0.15, 0.2) is 5.78 Å². The quantitative estimate of drug-likeness (QED) is 0.314. The molecule has 0 bridgehead atoms. The summed E-state index contributed by atoms with van der Waals surface area (Å²) >= 11 is 0. The highest BCUT2D eigenvalue weighted by Gasteiger charge is 2.05. The highest BCUT2D eigenvalue weighted by molar-refractivity contribution is 5.96. The van der Waals surface area contributed by atoms with Gasteiger partial charge in [0, 0.05) is 32.8 Å². The Morgan fingerprint density at radius 1 is 0.964 bits per heavy atom. The molecule has 0 spiro atoms. The van der Waals surface area contributed by atoms with Crippen molar-refractivity contribution in [3.05, 3.63) is 23.9 Å². The van der Waals surface area contributed by atoms with E-state index < -0.39 is 0 Å². The molecule has 0 saturated heterocycles. The molecule has 0 amide bonds. The van der Waals surface area contributed by atoms with E-state index in [1.165, 1.54) is 0 Å². The molecule has 0 aromatic carbocycles. The minimum atomic E-state index is 0. The van der Waals surface area contributed by atoms with Crippen LogP contribution in [0.5, 0.6) is 0 Å². The molecule has 7 nitrogen and oxygen atoms in total. The van der Waals surface area contributed by atoms with Crippen molar-refractivity contribution in [2.45, 2.75) is 40.5 Å². The molecule has 0 saturated carbocycles. The maximum Gasteiger partial charge on any atom is 0.163 e. The summed E-state index contributed by atoms with van der Waals surface area (Å²) < 4.78 is 21.4. The summed E-state index contributed by atoms with van der Waals surface area (Å²) in [6, 6.07) is 3.53. The van der Waals surface area contributed by atoms with Crippen molar-refractivity contribution >= 4 is 11.6 Å². The van der Waals surface area contributed by atoms with E-state index in [0.29, 0.717) is 77.2 Å². The zero-order valence-corrected chi connectivity index (χ0v) is 18.0. The van der Waals surface area contributed by atoms with E-state index in [-0.39, 0.29) is 7.21 Å². The van der Waals surface area contributed by atoms with E-state index in [1.807, 2.05) is 27.7 Å². The lowest BCUT2D eigenvalue weighted by atomic mass is 10.1. The maximum atomic E-state index is 11.9. The van der Waals surface area contributed by atoms with Crippen LogP contribution in [0.15, 0.2) is 18.3 Å². The summed E-state index contributed by atoms with van der Waals surface area (Å²) in [7, 11) is 0. The Labute approximate surface area is 171 Å². The van der Waals surface area contributed by atoms with Gasteiger partial charge in [-0.15, -0.1) is 0 Å². The van der Waals surface area contributed by atoms with Gasteiger partial charge >= 0.3 is 0 Å². The number of hydrogen-bond donors (Lipinski definition) is 1. The first-order valence-electron chi connectivity index (χ1n) is 10.3. The summed E-state index contributed by atoms with van der Waals surface area (Å²) in [6.45, 7) is 13.2. The second-order valence-corrected chi connectivity index (χ2v) is 5.56. The van der Waals surface area contributed by atoms with Gasteiger partial charge in [0.1, 0.15) is 5.82 Å². The maximum absolute atomic E-state index is 11.9. The number of anilines is 1. The van der Waals surface area contributed by atoms with Gasteiger partial charge in [0.05, 0.1) is 46.2 Å². The van der Waals surface area contributed by atoms with E-state index in [4.69, 9.17) is 18.9 Å². The van der Waals surface area contributed by atoms with Crippen LogP contribution in [-0.4, -0.2) is 70.2 Å². The van der Waals surface area contributed by atoms with Crippen molar-refractivity contribution < 1.29 is 25.2 Å². The molecule has 1 rings (SSSR count). The van der Waals surface area contributed by atoms with Crippen molar-refractivity contribution in [1.29, 1.82) is 0 Å². The summed E-state index contributed by atoms with van der Waals surface area (Å²) in [4.78, 5) is 16.1. The molecular formula is C21H40N2O5. The number of pyridine rings is 1. The zero-order chi connectivity index (χ0) is 20.9. The van der Waals surface area contributed by atoms with E-state index in [9.17, 15) is 4.79 Å². The molecule has 1 N–H and O–H groups in total. The molecule has 1 aromatic rings. The lowest BCUT2D eigenvalue weighted by Gasteiger charge is -2.09. The number of aromatic nitrogens is 1. The smallest absolute Gasteiger partial charge is 0.163 e. The average molecular weight is 401 g/mol. The fourth-order valence-corrected chi connectivity index (χ4v) is 2.13. The molecule has 0 fully saturated rings. The third-order valence-electron chi connectivity index (χ3n) is 3.43. The van der Waals surface area contributed by atoms with E-state index in [1.54, 1.807) is 18.3 Å². The van der Waals surface area contributed by atoms with Crippen molar-refractivity contribution in [3.8, 4) is 0 Å². The number of ether oxygens (including phenoxy) is 4. The Kier molecular flexibility index (Phi) is 19.1. The zero-order valence-electron chi connectivity index (χ0n) is 18.0. The Balaban J connectivity index is 0. The fourth-order valence-electron chi connectivity index (χ4n) is 2.13. The minimum absolute atomic E-state index is 0. The second kappa shape index (κ2) is 20.2. The Morgan fingerprint density at radius 3 is 2.11 bits per heavy atom. The van der Waals surface area contributed by atoms with Crippen LogP contribution in [0, 0.1) is 0 Å². The van der Waals surface area contributed by atoms with Crippen LogP contribution in [0.1, 0.15) is 52.3 Å². The molecular weight excluding hydrogens is 360 g/mol. The number of ketones is 1. The van der Waals surface area contributed by atoms with Crippen LogP contribution in [0.2, 0.25) is 0 Å². The fraction of sp³-hybridized carbons (Fsp3) is 0.714. The van der Waals surface area contributed by atoms with Crippen LogP contribution in [0.25, 0.3) is 0 Å². The second-order valence-electron chi connectivity index (χ2n) is 5.56. The van der Waals surface area contributed by atoms with E-state index in [2.05, 4.69) is 10.3 Å². The highest BCUT2D eigenvalue weighted by atomic mass is 16.6. The third kappa shape index (κ3) is 14.5. The summed E-state index contributed by atoms with van der Waals surface area (Å²) in [5.41, 5.74) is 0.696. The van der Waals surface area contributed by atoms with Gasteiger partial charge in [-0.3, -0.25) is 4.79 Å². The molecule has 7 heteroatoms. The summed E-state index contributed by atoms with van der Waals surface area (Å²) in [6.07, 6.45) is 3.06. The number of Topliss-reactive ketones (excluding diaryl/α,β-unsaturated/α-hetero) is 1. The average Bonchev–Trinajstić information content (AvgIpc) is 2.73. The molecule has 0 aliphatic heterocycles. The Hall–Kier alpha value is -1.54. The van der Waals surface area contributed by atoms with Gasteiger partial charge in [0.2, 0.25) is 0 Å². The summed E-state index contributed by atoms with van der Waals surface area (Å²) in [5, 5.41) is 3.16. The van der Waals surface area contributed by atoms with Crippen molar-refractivity contribution in [3.63, 3.8) is 0 Å². The van der Waals surface area contributed by atoms with E-state index >= 15 is 0 Å². The van der Waals surface area contributed by atoms with Crippen molar-refractivity contribution in [2.75, 3.05) is 64.7 Å². The highest BCUT2D eigenvalue weighted by Crippen LogP contribution is 2.09.